The van der Waals surface area contributed by atoms with Crippen molar-refractivity contribution in [2.24, 2.45) is 5.92 Å². The molecule has 11 heteroatoms. The molecule has 0 fully saturated rings. The molecule has 9 nitrogen and oxygen atoms in total. The highest BCUT2D eigenvalue weighted by Gasteiger charge is 2.49. The molecular formula is C16H14N2O7S2. The van der Waals surface area contributed by atoms with E-state index in [0.29, 0.717) is 15.5 Å². The fourth-order valence-corrected chi connectivity index (χ4v) is 5.55. The van der Waals surface area contributed by atoms with E-state index < -0.39 is 33.9 Å². The van der Waals surface area contributed by atoms with Gasteiger partial charge in [0, 0.05) is 22.9 Å². The van der Waals surface area contributed by atoms with Gasteiger partial charge in [0.05, 0.1) is 30.1 Å². The molecule has 142 valence electrons. The van der Waals surface area contributed by atoms with E-state index in [4.69, 9.17) is 9.47 Å². The van der Waals surface area contributed by atoms with Gasteiger partial charge < -0.3 is 14.5 Å². The number of aromatic nitrogens is 1. The molecule has 2 heterocycles. The summed E-state index contributed by atoms with van der Waals surface area (Å²) >= 11 is 1.92. The number of nitrogens with zero attached hydrogens (tertiary/aromatic N) is 1. The van der Waals surface area contributed by atoms with Gasteiger partial charge in [-0.05, 0) is 5.56 Å². The first-order chi connectivity index (χ1) is 12.9. The van der Waals surface area contributed by atoms with Gasteiger partial charge >= 0.3 is 16.8 Å². The number of fused-ring (bicyclic) bond motifs is 1. The summed E-state index contributed by atoms with van der Waals surface area (Å²) in [6.07, 6.45) is 0. The standard InChI is InChI=1S/C16H14N2O7S2/c1-24-14(19)10-9(7-4-3-5-8(6-7)18(22)23)11-13(17-16(21)27-11)26-12(10)15(20)25-2/h3-6,9-10,12H,1-2H3,(H,17,21). The normalized spacial score (nSPS) is 21.2. The first-order valence-electron chi connectivity index (χ1n) is 7.67. The van der Waals surface area contributed by atoms with Crippen LogP contribution < -0.4 is 4.87 Å². The van der Waals surface area contributed by atoms with Crippen LogP contribution >= 0.6 is 23.1 Å². The first-order valence-corrected chi connectivity index (χ1v) is 9.36. The van der Waals surface area contributed by atoms with Crippen LogP contribution in [0.1, 0.15) is 16.4 Å². The second-order valence-corrected chi connectivity index (χ2v) is 7.81. The molecule has 0 saturated heterocycles. The topological polar surface area (TPSA) is 129 Å². The number of carbonyl (C=O) groups is 2. The Morgan fingerprint density at radius 1 is 1.22 bits per heavy atom. The van der Waals surface area contributed by atoms with Crippen molar-refractivity contribution < 1.29 is 24.0 Å². The van der Waals surface area contributed by atoms with Gasteiger partial charge in [0.2, 0.25) is 0 Å². The summed E-state index contributed by atoms with van der Waals surface area (Å²) in [5.41, 5.74) is 0.277. The number of nitro groups is 1. The first kappa shape index (κ1) is 19.1. The van der Waals surface area contributed by atoms with Gasteiger partial charge in [0.15, 0.2) is 0 Å². The molecule has 1 aromatic carbocycles. The Bertz CT molecular complexity index is 968. The average molecular weight is 410 g/mol. The lowest BCUT2D eigenvalue weighted by molar-refractivity contribution is -0.384. The quantitative estimate of drug-likeness (QED) is 0.460. The van der Waals surface area contributed by atoms with Gasteiger partial charge in [0.25, 0.3) is 5.69 Å². The Labute approximate surface area is 160 Å². The third-order valence-electron chi connectivity index (χ3n) is 4.20. The number of non-ortho nitro benzene ring substituents is 1. The molecule has 1 aliphatic heterocycles. The number of thioether (sulfide) groups is 1. The van der Waals surface area contributed by atoms with Crippen LogP contribution in [0.25, 0.3) is 0 Å². The van der Waals surface area contributed by atoms with Crippen molar-refractivity contribution in [2.75, 3.05) is 14.2 Å². The van der Waals surface area contributed by atoms with E-state index in [-0.39, 0.29) is 10.6 Å². The minimum atomic E-state index is -1.01. The Morgan fingerprint density at radius 3 is 2.56 bits per heavy atom. The molecule has 1 aliphatic rings. The third-order valence-corrected chi connectivity index (χ3v) is 6.59. The van der Waals surface area contributed by atoms with Crippen molar-refractivity contribution in [3.05, 3.63) is 54.5 Å². The number of nitrogens with one attached hydrogen (secondary N) is 1. The van der Waals surface area contributed by atoms with Crippen molar-refractivity contribution in [2.45, 2.75) is 16.2 Å². The van der Waals surface area contributed by atoms with E-state index >= 15 is 0 Å². The summed E-state index contributed by atoms with van der Waals surface area (Å²) in [6, 6.07) is 5.77. The number of carbonyl (C=O) groups excluding carboxylic acids is 2. The average Bonchev–Trinajstić information content (AvgIpc) is 3.04. The van der Waals surface area contributed by atoms with Crippen molar-refractivity contribution in [1.29, 1.82) is 0 Å². The van der Waals surface area contributed by atoms with Crippen molar-refractivity contribution in [1.82, 2.24) is 4.98 Å². The molecule has 0 spiro atoms. The highest BCUT2D eigenvalue weighted by molar-refractivity contribution is 8.00. The number of rotatable bonds is 4. The molecule has 0 amide bonds. The molecule has 3 unspecified atom stereocenters. The van der Waals surface area contributed by atoms with E-state index in [1.54, 1.807) is 6.07 Å². The largest absolute Gasteiger partial charge is 0.469 e. The Morgan fingerprint density at radius 2 is 1.93 bits per heavy atom. The van der Waals surface area contributed by atoms with E-state index in [0.717, 1.165) is 23.1 Å². The minimum absolute atomic E-state index is 0.159. The second kappa shape index (κ2) is 7.53. The minimum Gasteiger partial charge on any atom is -0.469 e. The third kappa shape index (κ3) is 3.47. The summed E-state index contributed by atoms with van der Waals surface area (Å²) in [7, 11) is 2.40. The summed E-state index contributed by atoms with van der Waals surface area (Å²) in [5.74, 6) is -3.08. The maximum absolute atomic E-state index is 12.6. The SMILES string of the molecule is COC(=O)C1Sc2[nH]c(=O)sc2C(c2cccc([N+](=O)[O-])c2)C1C(=O)OC. The molecule has 27 heavy (non-hydrogen) atoms. The summed E-state index contributed by atoms with van der Waals surface area (Å²) in [6.45, 7) is 0. The molecule has 2 aromatic rings. The second-order valence-electron chi connectivity index (χ2n) is 5.65. The fourth-order valence-electron chi connectivity index (χ4n) is 3.05. The van der Waals surface area contributed by atoms with Crippen LogP contribution in [0.3, 0.4) is 0 Å². The van der Waals surface area contributed by atoms with E-state index in [1.165, 1.54) is 32.4 Å². The zero-order valence-corrected chi connectivity index (χ0v) is 15.8. The number of nitro benzene ring substituents is 1. The van der Waals surface area contributed by atoms with Crippen LogP contribution in [0.5, 0.6) is 0 Å². The number of methoxy groups -OCH3 is 2. The lowest BCUT2D eigenvalue weighted by Gasteiger charge is -2.33. The van der Waals surface area contributed by atoms with Gasteiger partial charge in [-0.3, -0.25) is 24.5 Å². The Balaban J connectivity index is 2.23. The molecule has 3 rings (SSSR count). The zero-order chi connectivity index (χ0) is 19.7. The van der Waals surface area contributed by atoms with Crippen LogP contribution in [-0.4, -0.2) is 41.3 Å². The number of esters is 2. The highest BCUT2D eigenvalue weighted by Crippen LogP contribution is 2.50. The number of hydrogen-bond acceptors (Lipinski definition) is 9. The number of benzene rings is 1. The van der Waals surface area contributed by atoms with E-state index in [2.05, 4.69) is 4.98 Å². The highest BCUT2D eigenvalue weighted by atomic mass is 32.2. The number of H-pyrrole nitrogens is 1. The number of hydrogen-bond donors (Lipinski definition) is 1. The van der Waals surface area contributed by atoms with E-state index in [9.17, 15) is 24.5 Å². The molecule has 0 aliphatic carbocycles. The van der Waals surface area contributed by atoms with Gasteiger partial charge in [-0.2, -0.15) is 0 Å². The smallest absolute Gasteiger partial charge is 0.320 e. The molecule has 0 radical (unpaired) electrons. The lowest BCUT2D eigenvalue weighted by Crippen LogP contribution is -2.40. The number of aromatic amines is 1. The molecule has 3 atom stereocenters. The Hall–Kier alpha value is -2.66. The maximum Gasteiger partial charge on any atom is 0.320 e. The molecule has 0 bridgehead atoms. The van der Waals surface area contributed by atoms with Crippen molar-refractivity contribution in [3.8, 4) is 0 Å². The van der Waals surface area contributed by atoms with Crippen molar-refractivity contribution >= 4 is 40.7 Å². The molecule has 1 N–H and O–H groups in total. The lowest BCUT2D eigenvalue weighted by atomic mass is 9.82. The summed E-state index contributed by atoms with van der Waals surface area (Å²) in [5, 5.41) is 10.6. The van der Waals surface area contributed by atoms with Crippen LogP contribution in [0.2, 0.25) is 0 Å². The van der Waals surface area contributed by atoms with Gasteiger partial charge in [-0.25, -0.2) is 0 Å². The maximum atomic E-state index is 12.6. The summed E-state index contributed by atoms with van der Waals surface area (Å²) in [4.78, 5) is 50.2. The molecule has 0 saturated carbocycles. The number of thiazole rings is 1. The van der Waals surface area contributed by atoms with Crippen LogP contribution in [0.4, 0.5) is 5.69 Å². The van der Waals surface area contributed by atoms with Crippen LogP contribution in [0, 0.1) is 16.0 Å². The van der Waals surface area contributed by atoms with Gasteiger partial charge in [0.1, 0.15) is 5.25 Å². The predicted molar refractivity (Wildman–Crippen MR) is 97.0 cm³/mol. The van der Waals surface area contributed by atoms with Crippen LogP contribution in [0.15, 0.2) is 34.1 Å². The summed E-state index contributed by atoms with van der Waals surface area (Å²) < 4.78 is 9.71. The fraction of sp³-hybridized carbons (Fsp3) is 0.312. The van der Waals surface area contributed by atoms with Gasteiger partial charge in [-0.15, -0.1) is 0 Å². The number of ether oxygens (including phenoxy) is 2. The predicted octanol–water partition coefficient (Wildman–Crippen LogP) is 1.91. The van der Waals surface area contributed by atoms with Crippen molar-refractivity contribution in [3.63, 3.8) is 0 Å². The molecule has 1 aromatic heterocycles. The molecular weight excluding hydrogens is 396 g/mol. The monoisotopic (exact) mass is 410 g/mol. The van der Waals surface area contributed by atoms with E-state index in [1.807, 2.05) is 0 Å². The van der Waals surface area contributed by atoms with Gasteiger partial charge in [-0.1, -0.05) is 35.2 Å². The zero-order valence-electron chi connectivity index (χ0n) is 14.2. The van der Waals surface area contributed by atoms with Crippen LogP contribution in [-0.2, 0) is 19.1 Å². The Kier molecular flexibility index (Phi) is 5.33.